The first-order valence-electron chi connectivity index (χ1n) is 8.16. The number of piperazine rings is 1. The Bertz CT molecular complexity index is 677. The van der Waals surface area contributed by atoms with Gasteiger partial charge in [-0.3, -0.25) is 4.79 Å². The lowest BCUT2D eigenvalue weighted by Crippen LogP contribution is -2.52. The van der Waals surface area contributed by atoms with Crippen molar-refractivity contribution >= 4 is 11.9 Å². The van der Waals surface area contributed by atoms with Gasteiger partial charge in [0.15, 0.2) is 0 Å². The van der Waals surface area contributed by atoms with Gasteiger partial charge in [-0.25, -0.2) is 9.97 Å². The Hall–Kier alpha value is -2.43. The molecule has 23 heavy (non-hydrogen) atoms. The van der Waals surface area contributed by atoms with Crippen LogP contribution in [0.1, 0.15) is 18.4 Å². The quantitative estimate of drug-likeness (QED) is 0.868. The van der Waals surface area contributed by atoms with Gasteiger partial charge in [-0.2, -0.15) is 0 Å². The normalized spacial score (nSPS) is 19.5. The highest BCUT2D eigenvalue weighted by molar-refractivity contribution is 5.91. The van der Waals surface area contributed by atoms with Gasteiger partial charge in [0.2, 0.25) is 11.9 Å². The summed E-state index contributed by atoms with van der Waals surface area (Å²) in [6, 6.07) is 12.0. The predicted octanol–water partition coefficient (Wildman–Crippen LogP) is 1.86. The predicted molar refractivity (Wildman–Crippen MR) is 88.2 cm³/mol. The molecule has 2 aromatic rings. The van der Waals surface area contributed by atoms with Gasteiger partial charge in [0.05, 0.1) is 5.41 Å². The molecule has 0 bridgehead atoms. The van der Waals surface area contributed by atoms with E-state index in [0.29, 0.717) is 0 Å². The van der Waals surface area contributed by atoms with Gasteiger partial charge in [-0.15, -0.1) is 0 Å². The molecule has 0 spiro atoms. The van der Waals surface area contributed by atoms with Crippen LogP contribution in [0.3, 0.4) is 0 Å². The molecule has 5 heteroatoms. The maximum absolute atomic E-state index is 13.0. The zero-order valence-electron chi connectivity index (χ0n) is 13.1. The van der Waals surface area contributed by atoms with Crippen LogP contribution in [0.15, 0.2) is 48.8 Å². The number of nitrogens with zero attached hydrogens (tertiary/aromatic N) is 4. The minimum absolute atomic E-state index is 0.257. The molecule has 0 atom stereocenters. The Morgan fingerprint density at radius 1 is 0.913 bits per heavy atom. The standard InChI is InChI=1S/C18H20N4O/c23-16(18(7-8-18)15-5-2-1-3-6-15)21-11-13-22(14-12-21)17-19-9-4-10-20-17/h1-6,9-10H,7-8,11-14H2. The van der Waals surface area contributed by atoms with Crippen molar-refractivity contribution in [2.24, 2.45) is 0 Å². The summed E-state index contributed by atoms with van der Waals surface area (Å²) in [4.78, 5) is 25.7. The summed E-state index contributed by atoms with van der Waals surface area (Å²) in [6.45, 7) is 3.07. The molecule has 1 aliphatic carbocycles. The molecule has 1 amide bonds. The lowest BCUT2D eigenvalue weighted by atomic mass is 9.94. The maximum Gasteiger partial charge on any atom is 0.233 e. The monoisotopic (exact) mass is 308 g/mol. The van der Waals surface area contributed by atoms with Gasteiger partial charge < -0.3 is 9.80 Å². The zero-order valence-corrected chi connectivity index (χ0v) is 13.1. The second-order valence-electron chi connectivity index (χ2n) is 6.28. The molecule has 118 valence electrons. The van der Waals surface area contributed by atoms with E-state index in [1.165, 1.54) is 5.56 Å². The Morgan fingerprint density at radius 3 is 2.17 bits per heavy atom. The number of hydrogen-bond acceptors (Lipinski definition) is 4. The summed E-state index contributed by atoms with van der Waals surface area (Å²) in [5.74, 6) is 1.04. The van der Waals surface area contributed by atoms with Gasteiger partial charge in [0.1, 0.15) is 0 Å². The summed E-state index contributed by atoms with van der Waals surface area (Å²) in [7, 11) is 0. The molecule has 2 aliphatic rings. The first-order chi connectivity index (χ1) is 11.3. The second kappa shape index (κ2) is 5.65. The lowest BCUT2D eigenvalue weighted by Gasteiger charge is -2.36. The van der Waals surface area contributed by atoms with E-state index in [-0.39, 0.29) is 11.3 Å². The van der Waals surface area contributed by atoms with E-state index in [0.717, 1.165) is 45.0 Å². The van der Waals surface area contributed by atoms with Crippen LogP contribution in [0.5, 0.6) is 0 Å². The summed E-state index contributed by atoms with van der Waals surface area (Å²) < 4.78 is 0. The Morgan fingerprint density at radius 2 is 1.57 bits per heavy atom. The minimum Gasteiger partial charge on any atom is -0.338 e. The summed E-state index contributed by atoms with van der Waals surface area (Å²) in [6.07, 6.45) is 5.46. The van der Waals surface area contributed by atoms with Gasteiger partial charge >= 0.3 is 0 Å². The molecular weight excluding hydrogens is 288 g/mol. The summed E-state index contributed by atoms with van der Waals surface area (Å²) >= 11 is 0. The topological polar surface area (TPSA) is 49.3 Å². The van der Waals surface area contributed by atoms with Gasteiger partial charge in [0, 0.05) is 38.6 Å². The van der Waals surface area contributed by atoms with Crippen LogP contribution >= 0.6 is 0 Å². The highest BCUT2D eigenvalue weighted by Gasteiger charge is 2.53. The van der Waals surface area contributed by atoms with Crippen LogP contribution in [0.4, 0.5) is 5.95 Å². The third kappa shape index (κ3) is 2.56. The number of carbonyl (C=O) groups is 1. The average Bonchev–Trinajstić information content (AvgIpc) is 3.45. The molecule has 1 saturated carbocycles. The third-order valence-corrected chi connectivity index (χ3v) is 4.89. The fourth-order valence-corrected chi connectivity index (χ4v) is 3.37. The van der Waals surface area contributed by atoms with Crippen LogP contribution in [0.25, 0.3) is 0 Å². The molecular formula is C18H20N4O. The van der Waals surface area contributed by atoms with Crippen LogP contribution in [0, 0.1) is 0 Å². The number of benzene rings is 1. The van der Waals surface area contributed by atoms with Crippen molar-refractivity contribution in [3.63, 3.8) is 0 Å². The minimum atomic E-state index is -0.257. The van der Waals surface area contributed by atoms with E-state index in [4.69, 9.17) is 0 Å². The molecule has 2 heterocycles. The van der Waals surface area contributed by atoms with Crippen molar-refractivity contribution in [1.29, 1.82) is 0 Å². The van der Waals surface area contributed by atoms with Crippen molar-refractivity contribution in [1.82, 2.24) is 14.9 Å². The van der Waals surface area contributed by atoms with E-state index in [2.05, 4.69) is 27.0 Å². The average molecular weight is 308 g/mol. The molecule has 1 aliphatic heterocycles. The summed E-state index contributed by atoms with van der Waals surface area (Å²) in [5, 5.41) is 0. The van der Waals surface area contributed by atoms with Crippen LogP contribution in [-0.4, -0.2) is 47.0 Å². The molecule has 0 radical (unpaired) electrons. The fraction of sp³-hybridized carbons (Fsp3) is 0.389. The third-order valence-electron chi connectivity index (χ3n) is 4.89. The zero-order chi connectivity index (χ0) is 15.7. The van der Waals surface area contributed by atoms with Crippen LogP contribution in [-0.2, 0) is 10.2 Å². The van der Waals surface area contributed by atoms with E-state index in [1.54, 1.807) is 12.4 Å². The molecule has 1 aromatic heterocycles. The van der Waals surface area contributed by atoms with E-state index >= 15 is 0 Å². The molecule has 2 fully saturated rings. The van der Waals surface area contributed by atoms with Crippen LogP contribution in [0.2, 0.25) is 0 Å². The van der Waals surface area contributed by atoms with Crippen molar-refractivity contribution in [3.05, 3.63) is 54.4 Å². The number of anilines is 1. The second-order valence-corrected chi connectivity index (χ2v) is 6.28. The molecule has 1 saturated heterocycles. The Labute approximate surface area is 136 Å². The Balaban J connectivity index is 1.44. The van der Waals surface area contributed by atoms with E-state index < -0.39 is 0 Å². The van der Waals surface area contributed by atoms with E-state index in [9.17, 15) is 4.79 Å². The van der Waals surface area contributed by atoms with Crippen LogP contribution < -0.4 is 4.90 Å². The molecule has 4 rings (SSSR count). The maximum atomic E-state index is 13.0. The number of rotatable bonds is 3. The highest BCUT2D eigenvalue weighted by Crippen LogP contribution is 2.49. The van der Waals surface area contributed by atoms with Gasteiger partial charge in [-0.1, -0.05) is 30.3 Å². The fourth-order valence-electron chi connectivity index (χ4n) is 3.37. The van der Waals surface area contributed by atoms with Crippen molar-refractivity contribution in [2.45, 2.75) is 18.3 Å². The molecule has 5 nitrogen and oxygen atoms in total. The number of carbonyl (C=O) groups excluding carboxylic acids is 1. The first kappa shape index (κ1) is 14.2. The van der Waals surface area contributed by atoms with Crippen molar-refractivity contribution in [3.8, 4) is 0 Å². The molecule has 0 N–H and O–H groups in total. The molecule has 1 aromatic carbocycles. The number of hydrogen-bond donors (Lipinski definition) is 0. The van der Waals surface area contributed by atoms with E-state index in [1.807, 2.05) is 29.2 Å². The number of amides is 1. The lowest BCUT2D eigenvalue weighted by molar-refractivity contribution is -0.134. The largest absolute Gasteiger partial charge is 0.338 e. The van der Waals surface area contributed by atoms with Gasteiger partial charge in [-0.05, 0) is 24.5 Å². The summed E-state index contributed by atoms with van der Waals surface area (Å²) in [5.41, 5.74) is 0.908. The smallest absolute Gasteiger partial charge is 0.233 e. The number of aromatic nitrogens is 2. The molecule has 0 unspecified atom stereocenters. The highest BCUT2D eigenvalue weighted by atomic mass is 16.2. The first-order valence-corrected chi connectivity index (χ1v) is 8.16. The van der Waals surface area contributed by atoms with Gasteiger partial charge in [0.25, 0.3) is 0 Å². The SMILES string of the molecule is O=C(N1CCN(c2ncccn2)CC1)C1(c2ccccc2)CC1. The Kier molecular flexibility index (Phi) is 3.48. The van der Waals surface area contributed by atoms with Crippen molar-refractivity contribution in [2.75, 3.05) is 31.1 Å². The van der Waals surface area contributed by atoms with Crippen molar-refractivity contribution < 1.29 is 4.79 Å².